The van der Waals surface area contributed by atoms with Crippen molar-refractivity contribution in [1.82, 2.24) is 10.6 Å². The van der Waals surface area contributed by atoms with Gasteiger partial charge >= 0.3 is 0 Å². The minimum atomic E-state index is 0.0181. The van der Waals surface area contributed by atoms with Crippen LogP contribution in [0.1, 0.15) is 53.4 Å². The average Bonchev–Trinajstić information content (AvgIpc) is 3.24. The molecule has 3 N–H and O–H groups in total. The summed E-state index contributed by atoms with van der Waals surface area (Å²) in [4.78, 5) is 16.5. The van der Waals surface area contributed by atoms with Crippen molar-refractivity contribution in [3.63, 3.8) is 0 Å². The largest absolute Gasteiger partial charge is 0.491 e. The predicted octanol–water partition coefficient (Wildman–Crippen LogP) is 3.33. The number of carbonyl (C=O) groups is 1. The van der Waals surface area contributed by atoms with Crippen LogP contribution in [0, 0.1) is 0 Å². The second-order valence-corrected chi connectivity index (χ2v) is 8.51. The van der Waals surface area contributed by atoms with E-state index < -0.39 is 0 Å². The Labute approximate surface area is 192 Å². The Hall–Kier alpha value is -2.32. The zero-order valence-corrected chi connectivity index (χ0v) is 20.0. The second kappa shape index (κ2) is 14.7. The molecule has 1 aliphatic rings. The molecule has 1 unspecified atom stereocenters. The summed E-state index contributed by atoms with van der Waals surface area (Å²) in [7, 11) is 0. The first kappa shape index (κ1) is 25.9. The zero-order chi connectivity index (χ0) is 23.2. The zero-order valence-electron chi connectivity index (χ0n) is 20.0. The molecule has 1 fully saturated rings. The quantitative estimate of drug-likeness (QED) is 0.244. The molecule has 8 nitrogen and oxygen atoms in total. The summed E-state index contributed by atoms with van der Waals surface area (Å²) in [5.41, 5.74) is 0.897. The van der Waals surface area contributed by atoms with E-state index in [-0.39, 0.29) is 24.2 Å². The summed E-state index contributed by atoms with van der Waals surface area (Å²) in [5.74, 6) is 1.48. The third kappa shape index (κ3) is 11.3. The van der Waals surface area contributed by atoms with Gasteiger partial charge in [-0.15, -0.1) is 0 Å². The van der Waals surface area contributed by atoms with Crippen molar-refractivity contribution in [2.45, 2.75) is 71.6 Å². The summed E-state index contributed by atoms with van der Waals surface area (Å²) < 4.78 is 17.0. The van der Waals surface area contributed by atoms with Gasteiger partial charge < -0.3 is 30.2 Å². The number of nitrogens with zero attached hydrogens (tertiary/aromatic N) is 1. The molecule has 0 spiro atoms. The van der Waals surface area contributed by atoms with Crippen LogP contribution in [0.4, 0.5) is 5.69 Å². The number of hydrogen-bond acceptors (Lipinski definition) is 5. The van der Waals surface area contributed by atoms with E-state index >= 15 is 0 Å². The third-order valence-electron chi connectivity index (χ3n) is 4.63. The maximum Gasteiger partial charge on any atom is 0.221 e. The van der Waals surface area contributed by atoms with E-state index in [2.05, 4.69) is 20.9 Å². The van der Waals surface area contributed by atoms with Gasteiger partial charge in [0.1, 0.15) is 5.75 Å². The number of ether oxygens (including phenoxy) is 3. The average molecular weight is 449 g/mol. The lowest BCUT2D eigenvalue weighted by Gasteiger charge is -2.15. The topological polar surface area (TPSA) is 93.2 Å². The van der Waals surface area contributed by atoms with E-state index in [0.29, 0.717) is 38.7 Å². The number of anilines is 1. The highest BCUT2D eigenvalue weighted by molar-refractivity contribution is 5.93. The highest BCUT2D eigenvalue weighted by atomic mass is 16.5. The molecule has 1 heterocycles. The van der Waals surface area contributed by atoms with Gasteiger partial charge in [0.05, 0.1) is 18.8 Å². The van der Waals surface area contributed by atoms with Gasteiger partial charge in [0, 0.05) is 44.5 Å². The van der Waals surface area contributed by atoms with Gasteiger partial charge in [-0.3, -0.25) is 9.79 Å². The van der Waals surface area contributed by atoms with Gasteiger partial charge in [-0.05, 0) is 71.2 Å². The molecule has 8 heteroatoms. The Bertz CT molecular complexity index is 686. The first-order chi connectivity index (χ1) is 15.4. The van der Waals surface area contributed by atoms with Crippen LogP contribution in [-0.4, -0.2) is 63.0 Å². The summed E-state index contributed by atoms with van der Waals surface area (Å²) in [6.07, 6.45) is 3.78. The molecule has 0 aromatic heterocycles. The number of carbonyl (C=O) groups excluding carboxylic acids is 1. The molecule has 32 heavy (non-hydrogen) atoms. The van der Waals surface area contributed by atoms with Gasteiger partial charge in [-0.1, -0.05) is 0 Å². The molecule has 1 atom stereocenters. The Morgan fingerprint density at radius 2 is 2.00 bits per heavy atom. The lowest BCUT2D eigenvalue weighted by atomic mass is 10.2. The van der Waals surface area contributed by atoms with Crippen LogP contribution >= 0.6 is 0 Å². The van der Waals surface area contributed by atoms with Crippen LogP contribution in [0.2, 0.25) is 0 Å². The lowest BCUT2D eigenvalue weighted by molar-refractivity contribution is -0.121. The van der Waals surface area contributed by atoms with E-state index in [1.54, 1.807) is 0 Å². The van der Waals surface area contributed by atoms with Crippen molar-refractivity contribution >= 4 is 17.6 Å². The highest BCUT2D eigenvalue weighted by Gasteiger charge is 2.14. The molecular weight excluding hydrogens is 408 g/mol. The van der Waals surface area contributed by atoms with Gasteiger partial charge in [0.15, 0.2) is 5.96 Å². The summed E-state index contributed by atoms with van der Waals surface area (Å²) in [5, 5.41) is 9.44. The Kier molecular flexibility index (Phi) is 11.9. The van der Waals surface area contributed by atoms with Crippen LogP contribution in [-0.2, 0) is 14.3 Å². The summed E-state index contributed by atoms with van der Waals surface area (Å²) in [6.45, 7) is 11.2. The molecule has 1 aromatic rings. The van der Waals surface area contributed by atoms with Crippen molar-refractivity contribution in [3.05, 3.63) is 24.3 Å². The molecule has 0 bridgehead atoms. The smallest absolute Gasteiger partial charge is 0.221 e. The minimum Gasteiger partial charge on any atom is -0.491 e. The number of guanidine groups is 1. The number of nitrogens with one attached hydrogen (secondary N) is 3. The standard InChI is InChI=1S/C24H40N4O4/c1-18(2)27-23(29)12-14-26-24(25-13-6-15-30-17-22-7-5-16-31-22)28-20-8-10-21(11-9-20)32-19(3)4/h8-11,18-19,22H,5-7,12-17H2,1-4H3,(H,27,29)(H2,25,26,28). The molecule has 1 aliphatic heterocycles. The predicted molar refractivity (Wildman–Crippen MR) is 128 cm³/mol. The Morgan fingerprint density at radius 1 is 1.22 bits per heavy atom. The number of amides is 1. The number of rotatable bonds is 13. The molecular formula is C24H40N4O4. The van der Waals surface area contributed by atoms with Crippen molar-refractivity contribution in [3.8, 4) is 5.75 Å². The first-order valence-corrected chi connectivity index (χ1v) is 11.7. The van der Waals surface area contributed by atoms with Crippen molar-refractivity contribution in [2.24, 2.45) is 4.99 Å². The molecule has 0 saturated carbocycles. The Morgan fingerprint density at radius 3 is 2.66 bits per heavy atom. The van der Waals surface area contributed by atoms with E-state index in [9.17, 15) is 4.79 Å². The molecule has 2 rings (SSSR count). The number of benzene rings is 1. The van der Waals surface area contributed by atoms with E-state index in [1.165, 1.54) is 0 Å². The monoisotopic (exact) mass is 448 g/mol. The van der Waals surface area contributed by atoms with Crippen molar-refractivity contribution in [1.29, 1.82) is 0 Å². The molecule has 1 aromatic carbocycles. The first-order valence-electron chi connectivity index (χ1n) is 11.7. The molecule has 1 saturated heterocycles. The van der Waals surface area contributed by atoms with E-state index in [4.69, 9.17) is 14.2 Å². The number of hydrogen-bond donors (Lipinski definition) is 3. The fourth-order valence-corrected chi connectivity index (χ4v) is 3.20. The second-order valence-electron chi connectivity index (χ2n) is 8.51. The maximum absolute atomic E-state index is 11.9. The van der Waals surface area contributed by atoms with Crippen LogP contribution < -0.4 is 20.7 Å². The fraction of sp³-hybridized carbons (Fsp3) is 0.667. The molecule has 0 radical (unpaired) electrons. The molecule has 1 amide bonds. The Balaban J connectivity index is 1.81. The molecule has 180 valence electrons. The van der Waals surface area contributed by atoms with Crippen LogP contribution in [0.3, 0.4) is 0 Å². The minimum absolute atomic E-state index is 0.0181. The van der Waals surface area contributed by atoms with E-state index in [0.717, 1.165) is 37.3 Å². The SMILES string of the molecule is CC(C)NC(=O)CCNC(=NCCCOCC1CCCO1)Nc1ccc(OC(C)C)cc1. The number of aliphatic imine (C=N–C) groups is 1. The maximum atomic E-state index is 11.9. The fourth-order valence-electron chi connectivity index (χ4n) is 3.20. The van der Waals surface area contributed by atoms with Crippen LogP contribution in [0.25, 0.3) is 0 Å². The van der Waals surface area contributed by atoms with Gasteiger partial charge in [-0.25, -0.2) is 0 Å². The van der Waals surface area contributed by atoms with Gasteiger partial charge in [0.2, 0.25) is 5.91 Å². The van der Waals surface area contributed by atoms with Crippen molar-refractivity contribution in [2.75, 3.05) is 38.2 Å². The lowest BCUT2D eigenvalue weighted by Crippen LogP contribution is -2.36. The highest BCUT2D eigenvalue weighted by Crippen LogP contribution is 2.17. The van der Waals surface area contributed by atoms with Crippen LogP contribution in [0.15, 0.2) is 29.3 Å². The van der Waals surface area contributed by atoms with E-state index in [1.807, 2.05) is 52.0 Å². The normalized spacial score (nSPS) is 16.4. The van der Waals surface area contributed by atoms with Crippen molar-refractivity contribution < 1.29 is 19.0 Å². The van der Waals surface area contributed by atoms with Crippen LogP contribution in [0.5, 0.6) is 5.75 Å². The van der Waals surface area contributed by atoms with Gasteiger partial charge in [-0.2, -0.15) is 0 Å². The summed E-state index contributed by atoms with van der Waals surface area (Å²) in [6, 6.07) is 7.88. The third-order valence-corrected chi connectivity index (χ3v) is 4.63. The molecule has 0 aliphatic carbocycles. The van der Waals surface area contributed by atoms with Gasteiger partial charge in [0.25, 0.3) is 0 Å². The summed E-state index contributed by atoms with van der Waals surface area (Å²) >= 11 is 0.